The SMILES string of the molecule is Cc1cc(Br)cc(C)c1NC(C)c1ccccc1F. The molecule has 1 unspecified atom stereocenters. The molecule has 19 heavy (non-hydrogen) atoms. The minimum atomic E-state index is -0.171. The second-order valence-electron chi connectivity index (χ2n) is 4.80. The molecule has 3 heteroatoms. The van der Waals surface area contributed by atoms with Gasteiger partial charge in [-0.1, -0.05) is 34.1 Å². The Bertz CT molecular complexity index is 572. The van der Waals surface area contributed by atoms with Crippen molar-refractivity contribution >= 4 is 21.6 Å². The van der Waals surface area contributed by atoms with E-state index in [1.807, 2.05) is 32.9 Å². The average molecular weight is 322 g/mol. The fourth-order valence-corrected chi connectivity index (χ4v) is 2.95. The Morgan fingerprint density at radius 1 is 1.11 bits per heavy atom. The largest absolute Gasteiger partial charge is 0.378 e. The molecule has 0 radical (unpaired) electrons. The number of hydrogen-bond acceptors (Lipinski definition) is 1. The van der Waals surface area contributed by atoms with E-state index in [4.69, 9.17) is 0 Å². The van der Waals surface area contributed by atoms with Crippen LogP contribution in [-0.2, 0) is 0 Å². The van der Waals surface area contributed by atoms with Crippen LogP contribution in [-0.4, -0.2) is 0 Å². The second-order valence-corrected chi connectivity index (χ2v) is 5.72. The molecule has 1 nitrogen and oxygen atoms in total. The van der Waals surface area contributed by atoms with Gasteiger partial charge in [0.1, 0.15) is 5.82 Å². The molecule has 0 fully saturated rings. The summed E-state index contributed by atoms with van der Waals surface area (Å²) in [6.45, 7) is 6.07. The Hall–Kier alpha value is -1.35. The number of anilines is 1. The molecule has 100 valence electrons. The quantitative estimate of drug-likeness (QED) is 0.800. The van der Waals surface area contributed by atoms with Gasteiger partial charge >= 0.3 is 0 Å². The van der Waals surface area contributed by atoms with Crippen molar-refractivity contribution < 1.29 is 4.39 Å². The third-order valence-electron chi connectivity index (χ3n) is 3.23. The van der Waals surface area contributed by atoms with Crippen LogP contribution in [0.5, 0.6) is 0 Å². The van der Waals surface area contributed by atoms with Crippen molar-refractivity contribution in [1.82, 2.24) is 0 Å². The predicted molar refractivity (Wildman–Crippen MR) is 82.1 cm³/mol. The molecule has 1 N–H and O–H groups in total. The van der Waals surface area contributed by atoms with Crippen molar-refractivity contribution in [1.29, 1.82) is 0 Å². The topological polar surface area (TPSA) is 12.0 Å². The van der Waals surface area contributed by atoms with Crippen LogP contribution in [0.3, 0.4) is 0 Å². The molecule has 0 saturated carbocycles. The Morgan fingerprint density at radius 2 is 1.68 bits per heavy atom. The molecule has 0 aliphatic heterocycles. The average Bonchev–Trinajstić information content (AvgIpc) is 2.34. The number of hydrogen-bond donors (Lipinski definition) is 1. The standard InChI is InChI=1S/C16H17BrFN/c1-10-8-13(17)9-11(2)16(10)19-12(3)14-6-4-5-7-15(14)18/h4-9,12,19H,1-3H3. The summed E-state index contributed by atoms with van der Waals surface area (Å²) >= 11 is 3.48. The molecule has 0 aliphatic rings. The number of rotatable bonds is 3. The van der Waals surface area contributed by atoms with Crippen LogP contribution < -0.4 is 5.32 Å². The van der Waals surface area contributed by atoms with Crippen molar-refractivity contribution in [3.05, 3.63) is 63.4 Å². The van der Waals surface area contributed by atoms with E-state index in [1.165, 1.54) is 6.07 Å². The van der Waals surface area contributed by atoms with Gasteiger partial charge < -0.3 is 5.32 Å². The summed E-state index contributed by atoms with van der Waals surface area (Å²) in [5.41, 5.74) is 4.05. The molecule has 0 bridgehead atoms. The van der Waals surface area contributed by atoms with E-state index in [0.717, 1.165) is 21.3 Å². The lowest BCUT2D eigenvalue weighted by atomic mass is 10.0. The summed E-state index contributed by atoms with van der Waals surface area (Å²) in [6, 6.07) is 10.9. The van der Waals surface area contributed by atoms with E-state index in [0.29, 0.717) is 5.56 Å². The molecule has 0 saturated heterocycles. The lowest BCUT2D eigenvalue weighted by Gasteiger charge is -2.20. The van der Waals surface area contributed by atoms with E-state index in [9.17, 15) is 4.39 Å². The summed E-state index contributed by atoms with van der Waals surface area (Å²) in [4.78, 5) is 0. The molecule has 0 spiro atoms. The molecule has 0 heterocycles. The van der Waals surface area contributed by atoms with Crippen molar-refractivity contribution in [2.24, 2.45) is 0 Å². The highest BCUT2D eigenvalue weighted by Gasteiger charge is 2.12. The number of nitrogens with one attached hydrogen (secondary N) is 1. The number of halogens is 2. The first-order valence-electron chi connectivity index (χ1n) is 6.26. The van der Waals surface area contributed by atoms with Crippen LogP contribution in [0.2, 0.25) is 0 Å². The minimum absolute atomic E-state index is 0.0697. The van der Waals surface area contributed by atoms with Crippen molar-refractivity contribution in [3.8, 4) is 0 Å². The van der Waals surface area contributed by atoms with E-state index in [1.54, 1.807) is 6.07 Å². The third kappa shape index (κ3) is 3.16. The summed E-state index contributed by atoms with van der Waals surface area (Å²) in [5.74, 6) is -0.171. The highest BCUT2D eigenvalue weighted by atomic mass is 79.9. The first kappa shape index (κ1) is 14.1. The number of benzene rings is 2. The van der Waals surface area contributed by atoms with Gasteiger partial charge in [-0.2, -0.15) is 0 Å². The molecular formula is C16H17BrFN. The minimum Gasteiger partial charge on any atom is -0.378 e. The summed E-state index contributed by atoms with van der Waals surface area (Å²) < 4.78 is 14.8. The summed E-state index contributed by atoms with van der Waals surface area (Å²) in [5, 5.41) is 3.40. The van der Waals surface area contributed by atoms with Gasteiger partial charge in [0, 0.05) is 15.7 Å². The second kappa shape index (κ2) is 5.74. The maximum absolute atomic E-state index is 13.8. The van der Waals surface area contributed by atoms with Gasteiger partial charge in [-0.25, -0.2) is 4.39 Å². The van der Waals surface area contributed by atoms with Gasteiger partial charge in [-0.3, -0.25) is 0 Å². The monoisotopic (exact) mass is 321 g/mol. The smallest absolute Gasteiger partial charge is 0.128 e. The van der Waals surface area contributed by atoms with Crippen molar-refractivity contribution in [3.63, 3.8) is 0 Å². The normalized spacial score (nSPS) is 12.3. The maximum Gasteiger partial charge on any atom is 0.128 e. The van der Waals surface area contributed by atoms with Gasteiger partial charge in [0.15, 0.2) is 0 Å². The summed E-state index contributed by atoms with van der Waals surface area (Å²) in [6.07, 6.45) is 0. The highest BCUT2D eigenvalue weighted by molar-refractivity contribution is 9.10. The highest BCUT2D eigenvalue weighted by Crippen LogP contribution is 2.29. The third-order valence-corrected chi connectivity index (χ3v) is 3.69. The Morgan fingerprint density at radius 3 is 2.26 bits per heavy atom. The zero-order valence-corrected chi connectivity index (χ0v) is 12.9. The Kier molecular flexibility index (Phi) is 4.25. The van der Waals surface area contributed by atoms with Gasteiger partial charge in [0.25, 0.3) is 0 Å². The van der Waals surface area contributed by atoms with Gasteiger partial charge in [-0.05, 0) is 50.1 Å². The fourth-order valence-electron chi connectivity index (χ4n) is 2.26. The molecule has 0 amide bonds. The Balaban J connectivity index is 2.29. The molecule has 2 aromatic carbocycles. The van der Waals surface area contributed by atoms with E-state index in [-0.39, 0.29) is 11.9 Å². The molecule has 0 aliphatic carbocycles. The van der Waals surface area contributed by atoms with E-state index >= 15 is 0 Å². The Labute approximate surface area is 122 Å². The number of aryl methyl sites for hydroxylation is 2. The molecule has 0 aromatic heterocycles. The zero-order chi connectivity index (χ0) is 14.0. The van der Waals surface area contributed by atoms with E-state index < -0.39 is 0 Å². The molecule has 2 aromatic rings. The van der Waals surface area contributed by atoms with Crippen LogP contribution >= 0.6 is 15.9 Å². The van der Waals surface area contributed by atoms with Gasteiger partial charge in [0.05, 0.1) is 6.04 Å². The molecular weight excluding hydrogens is 305 g/mol. The predicted octanol–water partition coefficient (Wildman–Crippen LogP) is 5.38. The lowest BCUT2D eigenvalue weighted by Crippen LogP contribution is -2.10. The van der Waals surface area contributed by atoms with Gasteiger partial charge in [0.2, 0.25) is 0 Å². The van der Waals surface area contributed by atoms with Gasteiger partial charge in [-0.15, -0.1) is 0 Å². The van der Waals surface area contributed by atoms with Crippen LogP contribution in [0.15, 0.2) is 40.9 Å². The van der Waals surface area contributed by atoms with Crippen LogP contribution in [0.4, 0.5) is 10.1 Å². The first-order chi connectivity index (χ1) is 8.99. The van der Waals surface area contributed by atoms with Crippen molar-refractivity contribution in [2.45, 2.75) is 26.8 Å². The molecule has 2 rings (SSSR count). The lowest BCUT2D eigenvalue weighted by molar-refractivity contribution is 0.600. The van der Waals surface area contributed by atoms with Crippen LogP contribution in [0.1, 0.15) is 29.7 Å². The fraction of sp³-hybridized carbons (Fsp3) is 0.250. The van der Waals surface area contributed by atoms with Crippen LogP contribution in [0.25, 0.3) is 0 Å². The van der Waals surface area contributed by atoms with Crippen molar-refractivity contribution in [2.75, 3.05) is 5.32 Å². The molecule has 1 atom stereocenters. The first-order valence-corrected chi connectivity index (χ1v) is 7.06. The van der Waals surface area contributed by atoms with Crippen LogP contribution in [0, 0.1) is 19.7 Å². The summed E-state index contributed by atoms with van der Waals surface area (Å²) in [7, 11) is 0. The maximum atomic E-state index is 13.8. The van der Waals surface area contributed by atoms with E-state index in [2.05, 4.69) is 33.4 Å². The zero-order valence-electron chi connectivity index (χ0n) is 11.3.